The highest BCUT2D eigenvalue weighted by Crippen LogP contribution is 2.30. The molecule has 0 aliphatic rings. The lowest BCUT2D eigenvalue weighted by molar-refractivity contribution is 0.0945. The van der Waals surface area contributed by atoms with Gasteiger partial charge in [-0.3, -0.25) is 9.78 Å². The van der Waals surface area contributed by atoms with E-state index in [-0.39, 0.29) is 11.6 Å². The van der Waals surface area contributed by atoms with Crippen molar-refractivity contribution in [2.45, 2.75) is 6.54 Å². The van der Waals surface area contributed by atoms with E-state index in [9.17, 15) is 4.79 Å². The number of carbonyl (C=O) groups excluding carboxylic acids is 1. The third-order valence-corrected chi connectivity index (χ3v) is 3.75. The number of rotatable bonds is 7. The van der Waals surface area contributed by atoms with Gasteiger partial charge in [-0.25, -0.2) is 9.97 Å². The van der Waals surface area contributed by atoms with Gasteiger partial charge in [0.05, 0.1) is 19.9 Å². The Morgan fingerprint density at radius 2 is 2.00 bits per heavy atom. The lowest BCUT2D eigenvalue weighted by Gasteiger charge is -2.12. The van der Waals surface area contributed by atoms with E-state index < -0.39 is 0 Å². The summed E-state index contributed by atoms with van der Waals surface area (Å²) in [7, 11) is 3.15. The van der Waals surface area contributed by atoms with E-state index in [1.807, 2.05) is 18.2 Å². The Morgan fingerprint density at radius 1 is 1.11 bits per heavy atom. The number of nitrogens with zero attached hydrogens (tertiary/aromatic N) is 3. The van der Waals surface area contributed by atoms with Gasteiger partial charge in [-0.05, 0) is 23.8 Å². The van der Waals surface area contributed by atoms with E-state index in [4.69, 9.17) is 9.47 Å². The molecule has 0 saturated heterocycles. The SMILES string of the molecule is COc1ccc(Nc2cc(C(=O)NCc3cccnc3)ncn2)c(OC)c1. The van der Waals surface area contributed by atoms with Crippen LogP contribution >= 0.6 is 0 Å². The molecule has 1 amide bonds. The Bertz CT molecular complexity index is 918. The number of anilines is 2. The maximum atomic E-state index is 12.3. The zero-order valence-electron chi connectivity index (χ0n) is 15.0. The molecular weight excluding hydrogens is 346 g/mol. The van der Waals surface area contributed by atoms with E-state index in [2.05, 4.69) is 25.6 Å². The van der Waals surface area contributed by atoms with Crippen molar-refractivity contribution in [3.63, 3.8) is 0 Å². The second-order valence-corrected chi connectivity index (χ2v) is 5.52. The van der Waals surface area contributed by atoms with Crippen LogP contribution in [0.15, 0.2) is 55.1 Å². The molecule has 3 rings (SSSR count). The van der Waals surface area contributed by atoms with E-state index >= 15 is 0 Å². The third-order valence-electron chi connectivity index (χ3n) is 3.75. The maximum Gasteiger partial charge on any atom is 0.270 e. The van der Waals surface area contributed by atoms with Gasteiger partial charge in [0, 0.05) is 31.1 Å². The predicted molar refractivity (Wildman–Crippen MR) is 100 cm³/mol. The lowest BCUT2D eigenvalue weighted by Crippen LogP contribution is -2.24. The minimum absolute atomic E-state index is 0.254. The summed E-state index contributed by atoms with van der Waals surface area (Å²) in [5.41, 5.74) is 1.85. The normalized spacial score (nSPS) is 10.1. The summed E-state index contributed by atoms with van der Waals surface area (Å²) in [6.07, 6.45) is 4.71. The zero-order chi connectivity index (χ0) is 19.1. The van der Waals surface area contributed by atoms with Crippen LogP contribution < -0.4 is 20.1 Å². The maximum absolute atomic E-state index is 12.3. The molecule has 8 nitrogen and oxygen atoms in total. The molecule has 2 aromatic heterocycles. The summed E-state index contributed by atoms with van der Waals surface area (Å²) >= 11 is 0. The topological polar surface area (TPSA) is 98.3 Å². The number of hydrogen-bond donors (Lipinski definition) is 2. The van der Waals surface area contributed by atoms with Crippen LogP contribution in [0, 0.1) is 0 Å². The van der Waals surface area contributed by atoms with Gasteiger partial charge in [-0.1, -0.05) is 6.07 Å². The van der Waals surface area contributed by atoms with Crippen LogP contribution in [0.3, 0.4) is 0 Å². The molecular formula is C19H19N5O3. The quantitative estimate of drug-likeness (QED) is 0.664. The second kappa shape index (κ2) is 8.61. The van der Waals surface area contributed by atoms with Crippen LogP contribution in [-0.2, 0) is 6.54 Å². The van der Waals surface area contributed by atoms with Crippen molar-refractivity contribution in [1.82, 2.24) is 20.3 Å². The molecule has 0 unspecified atom stereocenters. The Hall–Kier alpha value is -3.68. The van der Waals surface area contributed by atoms with Gasteiger partial charge in [-0.15, -0.1) is 0 Å². The molecule has 1 aromatic carbocycles. The van der Waals surface area contributed by atoms with Crippen LogP contribution in [-0.4, -0.2) is 35.1 Å². The summed E-state index contributed by atoms with van der Waals surface area (Å²) < 4.78 is 10.5. The summed E-state index contributed by atoms with van der Waals surface area (Å²) in [5.74, 6) is 1.44. The highest BCUT2D eigenvalue weighted by Gasteiger charge is 2.11. The van der Waals surface area contributed by atoms with Crippen molar-refractivity contribution in [2.75, 3.05) is 19.5 Å². The van der Waals surface area contributed by atoms with Crippen LogP contribution in [0.1, 0.15) is 16.1 Å². The number of nitrogens with one attached hydrogen (secondary N) is 2. The molecule has 138 valence electrons. The molecule has 0 bridgehead atoms. The van der Waals surface area contributed by atoms with Crippen LogP contribution in [0.2, 0.25) is 0 Å². The summed E-state index contributed by atoms with van der Waals surface area (Å²) in [6.45, 7) is 0.367. The monoisotopic (exact) mass is 365 g/mol. The fraction of sp³-hybridized carbons (Fsp3) is 0.158. The molecule has 3 aromatic rings. The van der Waals surface area contributed by atoms with Crippen LogP contribution in [0.4, 0.5) is 11.5 Å². The van der Waals surface area contributed by atoms with Crippen molar-refractivity contribution in [3.05, 3.63) is 66.4 Å². The summed E-state index contributed by atoms with van der Waals surface area (Å²) in [4.78, 5) is 24.5. The molecule has 8 heteroatoms. The number of aromatic nitrogens is 3. The molecule has 2 heterocycles. The Labute approximate surface area is 156 Å². The summed E-state index contributed by atoms with van der Waals surface area (Å²) in [6, 6.07) is 10.6. The highest BCUT2D eigenvalue weighted by atomic mass is 16.5. The molecule has 0 spiro atoms. The van der Waals surface area contributed by atoms with Gasteiger partial charge in [0.2, 0.25) is 0 Å². The molecule has 0 fully saturated rings. The number of amides is 1. The minimum Gasteiger partial charge on any atom is -0.497 e. The number of pyridine rings is 1. The first-order valence-electron chi connectivity index (χ1n) is 8.18. The predicted octanol–water partition coefficient (Wildman–Crippen LogP) is 2.56. The second-order valence-electron chi connectivity index (χ2n) is 5.52. The fourth-order valence-corrected chi connectivity index (χ4v) is 2.37. The van der Waals surface area contributed by atoms with E-state index in [1.54, 1.807) is 44.8 Å². The van der Waals surface area contributed by atoms with Gasteiger partial charge in [-0.2, -0.15) is 0 Å². The molecule has 0 radical (unpaired) electrons. The number of carbonyl (C=O) groups is 1. The lowest BCUT2D eigenvalue weighted by atomic mass is 10.2. The third kappa shape index (κ3) is 4.69. The Morgan fingerprint density at radius 3 is 2.74 bits per heavy atom. The molecule has 0 saturated carbocycles. The van der Waals surface area contributed by atoms with Crippen LogP contribution in [0.5, 0.6) is 11.5 Å². The van der Waals surface area contributed by atoms with Crippen molar-refractivity contribution < 1.29 is 14.3 Å². The molecule has 27 heavy (non-hydrogen) atoms. The Balaban J connectivity index is 1.71. The first kappa shape index (κ1) is 18.1. The van der Waals surface area contributed by atoms with Gasteiger partial charge < -0.3 is 20.1 Å². The molecule has 0 aliphatic carbocycles. The molecule has 0 aliphatic heterocycles. The van der Waals surface area contributed by atoms with Gasteiger partial charge in [0.25, 0.3) is 5.91 Å². The molecule has 2 N–H and O–H groups in total. The standard InChI is InChI=1S/C19H19N5O3/c1-26-14-5-6-15(17(8-14)27-2)24-18-9-16(22-12-23-18)19(25)21-11-13-4-3-7-20-10-13/h3-10,12H,11H2,1-2H3,(H,21,25)(H,22,23,24). The number of hydrogen-bond acceptors (Lipinski definition) is 7. The summed E-state index contributed by atoms with van der Waals surface area (Å²) in [5, 5.41) is 5.93. The zero-order valence-corrected chi connectivity index (χ0v) is 15.0. The number of ether oxygens (including phenoxy) is 2. The van der Waals surface area contributed by atoms with Gasteiger partial charge in [0.1, 0.15) is 29.3 Å². The van der Waals surface area contributed by atoms with Crippen molar-refractivity contribution >= 4 is 17.4 Å². The van der Waals surface area contributed by atoms with E-state index in [0.717, 1.165) is 5.56 Å². The highest BCUT2D eigenvalue weighted by molar-refractivity contribution is 5.93. The molecule has 0 atom stereocenters. The Kier molecular flexibility index (Phi) is 5.78. The fourth-order valence-electron chi connectivity index (χ4n) is 2.37. The largest absolute Gasteiger partial charge is 0.497 e. The first-order valence-corrected chi connectivity index (χ1v) is 8.18. The van der Waals surface area contributed by atoms with Gasteiger partial charge >= 0.3 is 0 Å². The van der Waals surface area contributed by atoms with Crippen LogP contribution in [0.25, 0.3) is 0 Å². The number of methoxy groups -OCH3 is 2. The number of benzene rings is 1. The van der Waals surface area contributed by atoms with Crippen molar-refractivity contribution in [1.29, 1.82) is 0 Å². The average molecular weight is 365 g/mol. The van der Waals surface area contributed by atoms with Crippen molar-refractivity contribution in [2.24, 2.45) is 0 Å². The first-order chi connectivity index (χ1) is 13.2. The van der Waals surface area contributed by atoms with Crippen molar-refractivity contribution in [3.8, 4) is 11.5 Å². The van der Waals surface area contributed by atoms with Gasteiger partial charge in [0.15, 0.2) is 0 Å². The smallest absolute Gasteiger partial charge is 0.270 e. The minimum atomic E-state index is -0.300. The average Bonchev–Trinajstić information content (AvgIpc) is 2.73. The van der Waals surface area contributed by atoms with E-state index in [0.29, 0.717) is 29.5 Å². The van der Waals surface area contributed by atoms with E-state index in [1.165, 1.54) is 6.33 Å².